The van der Waals surface area contributed by atoms with Crippen molar-refractivity contribution in [2.45, 2.75) is 6.92 Å². The highest BCUT2D eigenvalue weighted by Gasteiger charge is 2.16. The molecule has 0 spiro atoms. The number of Topliss-reactive ketones (excluding diaryl/α,β-unsaturated/α-hetero) is 1. The quantitative estimate of drug-likeness (QED) is 0.816. The Labute approximate surface area is 101 Å². The highest BCUT2D eigenvalue weighted by molar-refractivity contribution is 6.08. The Morgan fingerprint density at radius 1 is 1.41 bits per heavy atom. The van der Waals surface area contributed by atoms with Gasteiger partial charge in [-0.05, 0) is 18.5 Å². The van der Waals surface area contributed by atoms with Crippen LogP contribution >= 0.6 is 0 Å². The van der Waals surface area contributed by atoms with E-state index in [-0.39, 0.29) is 11.7 Å². The average Bonchev–Trinajstić information content (AvgIpc) is 2.37. The summed E-state index contributed by atoms with van der Waals surface area (Å²) in [5.41, 5.74) is 0.785. The first kappa shape index (κ1) is 11.7. The van der Waals surface area contributed by atoms with E-state index in [1.165, 1.54) is 0 Å². The van der Waals surface area contributed by atoms with Crippen molar-refractivity contribution in [2.24, 2.45) is 5.92 Å². The molecular formula is C14H16N2O. The van der Waals surface area contributed by atoms with E-state index in [9.17, 15) is 4.79 Å². The summed E-state index contributed by atoms with van der Waals surface area (Å²) in [5, 5.41) is 5.02. The van der Waals surface area contributed by atoms with Gasteiger partial charge in [0.05, 0.1) is 0 Å². The maximum Gasteiger partial charge on any atom is 0.167 e. The average molecular weight is 228 g/mol. The number of ketones is 1. The minimum absolute atomic E-state index is 0.0150. The van der Waals surface area contributed by atoms with Crippen molar-refractivity contribution in [2.75, 3.05) is 13.6 Å². The van der Waals surface area contributed by atoms with Crippen LogP contribution in [-0.4, -0.2) is 24.4 Å². The third-order valence-electron chi connectivity index (χ3n) is 2.90. The lowest BCUT2D eigenvalue weighted by Crippen LogP contribution is -2.23. The minimum atomic E-state index is -0.0150. The number of rotatable bonds is 4. The van der Waals surface area contributed by atoms with E-state index in [1.807, 2.05) is 38.2 Å². The van der Waals surface area contributed by atoms with Gasteiger partial charge in [-0.2, -0.15) is 0 Å². The molecule has 1 aromatic carbocycles. The largest absolute Gasteiger partial charge is 0.319 e. The van der Waals surface area contributed by atoms with Gasteiger partial charge in [-0.1, -0.05) is 25.1 Å². The number of pyridine rings is 1. The fourth-order valence-electron chi connectivity index (χ4n) is 2.00. The molecule has 2 rings (SSSR count). The first-order chi connectivity index (χ1) is 8.24. The normalized spacial score (nSPS) is 12.6. The summed E-state index contributed by atoms with van der Waals surface area (Å²) in [6, 6.07) is 7.66. The predicted octanol–water partition coefficient (Wildman–Crippen LogP) is 2.27. The highest BCUT2D eigenvalue weighted by atomic mass is 16.1. The van der Waals surface area contributed by atoms with E-state index in [4.69, 9.17) is 0 Å². The van der Waals surface area contributed by atoms with Crippen molar-refractivity contribution in [1.29, 1.82) is 0 Å². The fraction of sp³-hybridized carbons (Fsp3) is 0.286. The molecule has 3 nitrogen and oxygen atoms in total. The van der Waals surface area contributed by atoms with Crippen molar-refractivity contribution in [3.63, 3.8) is 0 Å². The molecule has 0 aliphatic carbocycles. The Balaban J connectivity index is 2.45. The summed E-state index contributed by atoms with van der Waals surface area (Å²) < 4.78 is 0. The zero-order valence-electron chi connectivity index (χ0n) is 10.1. The molecule has 17 heavy (non-hydrogen) atoms. The summed E-state index contributed by atoms with van der Waals surface area (Å²) in [7, 11) is 1.86. The fourth-order valence-corrected chi connectivity index (χ4v) is 2.00. The van der Waals surface area contributed by atoms with Crippen molar-refractivity contribution >= 4 is 16.6 Å². The molecule has 0 amide bonds. The molecule has 0 radical (unpaired) electrons. The molecule has 1 aromatic heterocycles. The minimum Gasteiger partial charge on any atom is -0.319 e. The van der Waals surface area contributed by atoms with Crippen LogP contribution in [-0.2, 0) is 0 Å². The molecule has 1 atom stereocenters. The van der Waals surface area contributed by atoms with Crippen molar-refractivity contribution in [3.05, 3.63) is 42.2 Å². The molecular weight excluding hydrogens is 212 g/mol. The Hall–Kier alpha value is -1.74. The van der Waals surface area contributed by atoms with Crippen LogP contribution < -0.4 is 5.32 Å². The van der Waals surface area contributed by atoms with Crippen LogP contribution in [0.2, 0.25) is 0 Å². The standard InChI is InChI=1S/C14H16N2O/c1-10(8-15-2)14(17)13-5-3-4-11-9-16-7-6-12(11)13/h3-7,9-10,15H,8H2,1-2H3. The smallest absolute Gasteiger partial charge is 0.167 e. The van der Waals surface area contributed by atoms with Gasteiger partial charge in [0, 0.05) is 35.8 Å². The summed E-state index contributed by atoms with van der Waals surface area (Å²) >= 11 is 0. The molecule has 2 aromatic rings. The molecule has 1 heterocycles. The van der Waals surface area contributed by atoms with E-state index >= 15 is 0 Å². The number of hydrogen-bond donors (Lipinski definition) is 1. The summed E-state index contributed by atoms with van der Waals surface area (Å²) in [6.45, 7) is 2.64. The van der Waals surface area contributed by atoms with Crippen molar-refractivity contribution < 1.29 is 4.79 Å². The number of aromatic nitrogens is 1. The molecule has 1 unspecified atom stereocenters. The van der Waals surface area contributed by atoms with Crippen LogP contribution in [0.4, 0.5) is 0 Å². The third-order valence-corrected chi connectivity index (χ3v) is 2.90. The van der Waals surface area contributed by atoms with Gasteiger partial charge in [-0.25, -0.2) is 0 Å². The van der Waals surface area contributed by atoms with Crippen LogP contribution in [0.1, 0.15) is 17.3 Å². The zero-order valence-corrected chi connectivity index (χ0v) is 10.1. The molecule has 0 aliphatic heterocycles. The van der Waals surface area contributed by atoms with Gasteiger partial charge < -0.3 is 5.32 Å². The lowest BCUT2D eigenvalue weighted by atomic mass is 9.95. The van der Waals surface area contributed by atoms with Gasteiger partial charge in [0.25, 0.3) is 0 Å². The molecule has 0 aliphatic rings. The maximum absolute atomic E-state index is 12.3. The van der Waals surface area contributed by atoms with Crippen molar-refractivity contribution in [1.82, 2.24) is 10.3 Å². The number of benzene rings is 1. The molecule has 88 valence electrons. The molecule has 1 N–H and O–H groups in total. The zero-order chi connectivity index (χ0) is 12.3. The summed E-state index contributed by atoms with van der Waals surface area (Å²) in [6.07, 6.45) is 3.51. The topological polar surface area (TPSA) is 42.0 Å². The summed E-state index contributed by atoms with van der Waals surface area (Å²) in [4.78, 5) is 16.4. The number of carbonyl (C=O) groups is 1. The Morgan fingerprint density at radius 3 is 3.00 bits per heavy atom. The summed E-state index contributed by atoms with van der Waals surface area (Å²) in [5.74, 6) is 0.162. The Kier molecular flexibility index (Phi) is 3.49. The number of fused-ring (bicyclic) bond motifs is 1. The third kappa shape index (κ3) is 2.34. The van der Waals surface area contributed by atoms with E-state index in [0.29, 0.717) is 6.54 Å². The number of carbonyl (C=O) groups excluding carboxylic acids is 1. The van der Waals surface area contributed by atoms with Gasteiger partial charge in [-0.3, -0.25) is 9.78 Å². The van der Waals surface area contributed by atoms with Crippen LogP contribution in [0.25, 0.3) is 10.8 Å². The van der Waals surface area contributed by atoms with Gasteiger partial charge in [-0.15, -0.1) is 0 Å². The Bertz CT molecular complexity index is 531. The van der Waals surface area contributed by atoms with Crippen LogP contribution in [0.15, 0.2) is 36.7 Å². The second kappa shape index (κ2) is 5.06. The highest BCUT2D eigenvalue weighted by Crippen LogP contribution is 2.20. The maximum atomic E-state index is 12.3. The first-order valence-corrected chi connectivity index (χ1v) is 5.75. The lowest BCUT2D eigenvalue weighted by Gasteiger charge is -2.11. The van der Waals surface area contributed by atoms with Gasteiger partial charge in [0.2, 0.25) is 0 Å². The van der Waals surface area contributed by atoms with E-state index in [0.717, 1.165) is 16.3 Å². The van der Waals surface area contributed by atoms with Gasteiger partial charge >= 0.3 is 0 Å². The van der Waals surface area contributed by atoms with Crippen LogP contribution in [0.3, 0.4) is 0 Å². The van der Waals surface area contributed by atoms with E-state index in [2.05, 4.69) is 10.3 Å². The van der Waals surface area contributed by atoms with Crippen LogP contribution in [0, 0.1) is 5.92 Å². The van der Waals surface area contributed by atoms with Crippen LogP contribution in [0.5, 0.6) is 0 Å². The lowest BCUT2D eigenvalue weighted by molar-refractivity contribution is 0.0932. The molecule has 3 heteroatoms. The van der Waals surface area contributed by atoms with Gasteiger partial charge in [0.15, 0.2) is 5.78 Å². The second-order valence-electron chi connectivity index (χ2n) is 4.23. The van der Waals surface area contributed by atoms with E-state index < -0.39 is 0 Å². The second-order valence-corrected chi connectivity index (χ2v) is 4.23. The number of nitrogens with zero attached hydrogens (tertiary/aromatic N) is 1. The Morgan fingerprint density at radius 2 is 2.24 bits per heavy atom. The molecule has 0 fully saturated rings. The van der Waals surface area contributed by atoms with Gasteiger partial charge in [0.1, 0.15) is 0 Å². The van der Waals surface area contributed by atoms with Crippen molar-refractivity contribution in [3.8, 4) is 0 Å². The molecule has 0 saturated heterocycles. The molecule has 0 saturated carbocycles. The number of hydrogen-bond acceptors (Lipinski definition) is 3. The first-order valence-electron chi connectivity index (χ1n) is 5.75. The van der Waals surface area contributed by atoms with E-state index in [1.54, 1.807) is 12.4 Å². The molecule has 0 bridgehead atoms. The number of nitrogens with one attached hydrogen (secondary N) is 1. The predicted molar refractivity (Wildman–Crippen MR) is 69.2 cm³/mol. The SMILES string of the molecule is CNCC(C)C(=O)c1cccc2cnccc12. The monoisotopic (exact) mass is 228 g/mol.